The second kappa shape index (κ2) is 11.8. The minimum atomic E-state index is -4.07. The summed E-state index contributed by atoms with van der Waals surface area (Å²) in [5.74, 6) is 0.381. The molecule has 0 bridgehead atoms. The van der Waals surface area contributed by atoms with E-state index in [0.29, 0.717) is 18.1 Å². The van der Waals surface area contributed by atoms with Crippen LogP contribution in [0.2, 0.25) is 0 Å². The third kappa shape index (κ3) is 6.70. The number of amides is 1. The lowest BCUT2D eigenvalue weighted by Gasteiger charge is -2.25. The highest BCUT2D eigenvalue weighted by atomic mass is 32.2. The molecule has 182 valence electrons. The topological polar surface area (TPSA) is 97.3 Å². The highest BCUT2D eigenvalue weighted by molar-refractivity contribution is 7.92. The van der Waals surface area contributed by atoms with Crippen LogP contribution in [-0.2, 0) is 14.8 Å². The van der Waals surface area contributed by atoms with Gasteiger partial charge in [0.25, 0.3) is 15.9 Å². The number of anilines is 1. The maximum absolute atomic E-state index is 13.5. The SMILES string of the molecule is C=CCOc1ccc(/C=N\NC(=O)CN(c2ccccc2OC)S(=O)(=O)c2ccc(C)cc2)cc1. The average Bonchev–Trinajstić information content (AvgIpc) is 2.87. The van der Waals surface area contributed by atoms with E-state index in [4.69, 9.17) is 9.47 Å². The second-order valence-electron chi connectivity index (χ2n) is 7.46. The smallest absolute Gasteiger partial charge is 0.264 e. The lowest BCUT2D eigenvalue weighted by molar-refractivity contribution is -0.119. The normalized spacial score (nSPS) is 11.1. The minimum Gasteiger partial charge on any atom is -0.495 e. The van der Waals surface area contributed by atoms with Crippen molar-refractivity contribution in [1.82, 2.24) is 5.43 Å². The third-order valence-electron chi connectivity index (χ3n) is 4.90. The summed E-state index contributed by atoms with van der Waals surface area (Å²) in [6, 6.07) is 20.1. The number of rotatable bonds is 11. The van der Waals surface area contributed by atoms with Crippen LogP contribution < -0.4 is 19.2 Å². The van der Waals surface area contributed by atoms with E-state index >= 15 is 0 Å². The molecular weight excluding hydrogens is 466 g/mol. The van der Waals surface area contributed by atoms with Crippen molar-refractivity contribution in [3.63, 3.8) is 0 Å². The van der Waals surface area contributed by atoms with Crippen molar-refractivity contribution in [1.29, 1.82) is 0 Å². The zero-order chi connectivity index (χ0) is 25.3. The summed E-state index contributed by atoms with van der Waals surface area (Å²) >= 11 is 0. The van der Waals surface area contributed by atoms with Gasteiger partial charge in [0, 0.05) is 0 Å². The van der Waals surface area contributed by atoms with Crippen LogP contribution in [0.3, 0.4) is 0 Å². The molecule has 0 saturated heterocycles. The predicted octanol–water partition coefficient (Wildman–Crippen LogP) is 3.91. The van der Waals surface area contributed by atoms with Crippen LogP contribution in [0, 0.1) is 6.92 Å². The Balaban J connectivity index is 1.79. The molecule has 0 atom stereocenters. The average molecular weight is 494 g/mol. The summed E-state index contributed by atoms with van der Waals surface area (Å²) in [5, 5.41) is 3.95. The number of aryl methyl sites for hydroxylation is 1. The number of sulfonamides is 1. The van der Waals surface area contributed by atoms with E-state index in [9.17, 15) is 13.2 Å². The molecule has 0 heterocycles. The molecule has 0 radical (unpaired) electrons. The number of hydrogen-bond acceptors (Lipinski definition) is 6. The fourth-order valence-corrected chi connectivity index (χ4v) is 4.55. The second-order valence-corrected chi connectivity index (χ2v) is 9.32. The quantitative estimate of drug-likeness (QED) is 0.248. The Morgan fingerprint density at radius 3 is 2.40 bits per heavy atom. The van der Waals surface area contributed by atoms with Gasteiger partial charge in [0.2, 0.25) is 0 Å². The van der Waals surface area contributed by atoms with E-state index < -0.39 is 22.5 Å². The molecular formula is C26H27N3O5S. The number of carbonyl (C=O) groups excluding carboxylic acids is 1. The van der Waals surface area contributed by atoms with Gasteiger partial charge >= 0.3 is 0 Å². The number of methoxy groups -OCH3 is 1. The number of carbonyl (C=O) groups is 1. The van der Waals surface area contributed by atoms with E-state index in [1.807, 2.05) is 6.92 Å². The van der Waals surface area contributed by atoms with Crippen molar-refractivity contribution in [3.8, 4) is 11.5 Å². The van der Waals surface area contributed by atoms with Crippen LogP contribution in [-0.4, -0.2) is 40.8 Å². The lowest BCUT2D eigenvalue weighted by atomic mass is 10.2. The van der Waals surface area contributed by atoms with Crippen LogP contribution in [0.4, 0.5) is 5.69 Å². The largest absolute Gasteiger partial charge is 0.495 e. The molecule has 0 aliphatic carbocycles. The molecule has 0 spiro atoms. The number of hydrazone groups is 1. The fraction of sp³-hybridized carbons (Fsp3) is 0.154. The summed E-state index contributed by atoms with van der Waals surface area (Å²) in [4.78, 5) is 12.8. The Labute approximate surface area is 205 Å². The zero-order valence-electron chi connectivity index (χ0n) is 19.5. The number of para-hydroxylation sites is 2. The van der Waals surface area contributed by atoms with Crippen molar-refractivity contribution in [3.05, 3.63) is 96.6 Å². The third-order valence-corrected chi connectivity index (χ3v) is 6.67. The van der Waals surface area contributed by atoms with E-state index in [1.54, 1.807) is 66.7 Å². The van der Waals surface area contributed by atoms with E-state index in [2.05, 4.69) is 17.1 Å². The van der Waals surface area contributed by atoms with Crippen LogP contribution in [0.1, 0.15) is 11.1 Å². The van der Waals surface area contributed by atoms with Gasteiger partial charge in [-0.1, -0.05) is 42.5 Å². The summed E-state index contributed by atoms with van der Waals surface area (Å²) in [6.07, 6.45) is 3.11. The summed E-state index contributed by atoms with van der Waals surface area (Å²) in [5.41, 5.74) is 4.27. The first kappa shape index (κ1) is 25.5. The molecule has 3 aromatic rings. The van der Waals surface area contributed by atoms with Crippen LogP contribution >= 0.6 is 0 Å². The minimum absolute atomic E-state index is 0.0593. The molecule has 1 amide bonds. The molecule has 8 nitrogen and oxygen atoms in total. The summed E-state index contributed by atoms with van der Waals surface area (Å²) < 4.78 is 38.8. The van der Waals surface area contributed by atoms with Gasteiger partial charge in [-0.2, -0.15) is 5.10 Å². The molecule has 3 rings (SSSR count). The molecule has 0 unspecified atom stereocenters. The van der Waals surface area contributed by atoms with Crippen LogP contribution in [0.15, 0.2) is 95.4 Å². The summed E-state index contributed by atoms with van der Waals surface area (Å²) in [7, 11) is -2.63. The van der Waals surface area contributed by atoms with Crippen LogP contribution in [0.25, 0.3) is 0 Å². The molecule has 9 heteroatoms. The number of ether oxygens (including phenoxy) is 2. The first-order valence-electron chi connectivity index (χ1n) is 10.7. The maximum Gasteiger partial charge on any atom is 0.264 e. The van der Waals surface area contributed by atoms with Gasteiger partial charge in [0.05, 0.1) is 23.9 Å². The molecule has 0 saturated carbocycles. The summed E-state index contributed by atoms with van der Waals surface area (Å²) in [6.45, 7) is 5.37. The van der Waals surface area contributed by atoms with Gasteiger partial charge in [-0.15, -0.1) is 0 Å². The Hall–Kier alpha value is -4.11. The molecule has 1 N–H and O–H groups in total. The Bertz CT molecular complexity index is 1290. The molecule has 3 aromatic carbocycles. The van der Waals surface area contributed by atoms with Crippen LogP contribution in [0.5, 0.6) is 11.5 Å². The number of nitrogens with one attached hydrogen (secondary N) is 1. The number of nitrogens with zero attached hydrogens (tertiary/aromatic N) is 2. The van der Waals surface area contributed by atoms with Gasteiger partial charge in [0.1, 0.15) is 24.7 Å². The monoisotopic (exact) mass is 493 g/mol. The van der Waals surface area contributed by atoms with E-state index in [0.717, 1.165) is 15.4 Å². The molecule has 35 heavy (non-hydrogen) atoms. The van der Waals surface area contributed by atoms with Crippen molar-refractivity contribution in [2.75, 3.05) is 24.6 Å². The van der Waals surface area contributed by atoms with Crippen molar-refractivity contribution in [2.24, 2.45) is 5.10 Å². The Morgan fingerprint density at radius 1 is 1.06 bits per heavy atom. The van der Waals surface area contributed by atoms with Gasteiger partial charge in [-0.05, 0) is 61.0 Å². The number of hydrogen-bond donors (Lipinski definition) is 1. The van der Waals surface area contributed by atoms with Crippen molar-refractivity contribution < 1.29 is 22.7 Å². The molecule has 0 aliphatic rings. The maximum atomic E-state index is 13.5. The Morgan fingerprint density at radius 2 is 1.74 bits per heavy atom. The van der Waals surface area contributed by atoms with Crippen molar-refractivity contribution >= 4 is 27.8 Å². The molecule has 0 aliphatic heterocycles. The van der Waals surface area contributed by atoms with E-state index in [-0.39, 0.29) is 10.6 Å². The highest BCUT2D eigenvalue weighted by Crippen LogP contribution is 2.32. The van der Waals surface area contributed by atoms with Gasteiger partial charge < -0.3 is 9.47 Å². The molecule has 0 fully saturated rings. The first-order valence-corrected chi connectivity index (χ1v) is 12.2. The number of benzene rings is 3. The zero-order valence-corrected chi connectivity index (χ0v) is 20.4. The first-order chi connectivity index (χ1) is 16.8. The van der Waals surface area contributed by atoms with Crippen molar-refractivity contribution in [2.45, 2.75) is 11.8 Å². The predicted molar refractivity (Wildman–Crippen MR) is 137 cm³/mol. The van der Waals surface area contributed by atoms with Gasteiger partial charge in [-0.3, -0.25) is 9.10 Å². The molecule has 0 aromatic heterocycles. The van der Waals surface area contributed by atoms with E-state index in [1.165, 1.54) is 25.5 Å². The van der Waals surface area contributed by atoms with Gasteiger partial charge in [-0.25, -0.2) is 13.8 Å². The Kier molecular flexibility index (Phi) is 8.63. The van der Waals surface area contributed by atoms with Gasteiger partial charge in [0.15, 0.2) is 0 Å². The standard InChI is InChI=1S/C26H27N3O5S/c1-4-17-34-22-13-11-21(12-14-22)18-27-28-26(30)19-29(24-7-5-6-8-25(24)33-3)35(31,32)23-15-9-20(2)10-16-23/h4-16,18H,1,17,19H2,2-3H3,(H,28,30)/b27-18-. The lowest BCUT2D eigenvalue weighted by Crippen LogP contribution is -2.39. The fourth-order valence-electron chi connectivity index (χ4n) is 3.12. The highest BCUT2D eigenvalue weighted by Gasteiger charge is 2.29.